The number of alkyl halides is 1. The molecule has 1 amide bonds. The third-order valence-corrected chi connectivity index (χ3v) is 3.00. The first-order valence-corrected chi connectivity index (χ1v) is 6.79. The number of ether oxygens (including phenoxy) is 1. The molecule has 0 unspecified atom stereocenters. The predicted molar refractivity (Wildman–Crippen MR) is 75.5 cm³/mol. The van der Waals surface area contributed by atoms with Crippen molar-refractivity contribution in [3.05, 3.63) is 33.9 Å². The van der Waals surface area contributed by atoms with Gasteiger partial charge in [-0.05, 0) is 18.6 Å². The number of nitrogens with zero attached hydrogens (tertiary/aromatic N) is 1. The van der Waals surface area contributed by atoms with E-state index < -0.39 is 4.92 Å². The summed E-state index contributed by atoms with van der Waals surface area (Å²) in [7, 11) is 1.35. The van der Waals surface area contributed by atoms with Crippen LogP contribution in [0.3, 0.4) is 0 Å². The van der Waals surface area contributed by atoms with Crippen LogP contribution >= 0.6 is 22.6 Å². The topological polar surface area (TPSA) is 81.5 Å². The van der Waals surface area contributed by atoms with Crippen LogP contribution in [0.15, 0.2) is 18.2 Å². The lowest BCUT2D eigenvalue weighted by molar-refractivity contribution is -0.385. The lowest BCUT2D eigenvalue weighted by Crippen LogP contribution is -2.24. The molecule has 0 bridgehead atoms. The van der Waals surface area contributed by atoms with Crippen molar-refractivity contribution in [1.82, 2.24) is 5.32 Å². The Hall–Kier alpha value is -1.38. The number of nitrogens with one attached hydrogen (secondary N) is 1. The van der Waals surface area contributed by atoms with Gasteiger partial charge in [0.1, 0.15) is 0 Å². The van der Waals surface area contributed by atoms with Gasteiger partial charge in [0.25, 0.3) is 5.91 Å². The maximum atomic E-state index is 11.7. The molecule has 6 nitrogen and oxygen atoms in total. The molecular formula is C11H13IN2O4. The lowest BCUT2D eigenvalue weighted by atomic mass is 10.1. The van der Waals surface area contributed by atoms with Crippen LogP contribution < -0.4 is 10.1 Å². The third-order valence-electron chi connectivity index (χ3n) is 2.23. The Morgan fingerprint density at radius 3 is 2.83 bits per heavy atom. The molecule has 0 radical (unpaired) electrons. The van der Waals surface area contributed by atoms with E-state index in [1.807, 2.05) is 0 Å². The summed E-state index contributed by atoms with van der Waals surface area (Å²) in [5.74, 6) is -0.172. The molecule has 0 fully saturated rings. The van der Waals surface area contributed by atoms with Gasteiger partial charge in [-0.3, -0.25) is 14.9 Å². The summed E-state index contributed by atoms with van der Waals surface area (Å²) in [4.78, 5) is 22.0. The van der Waals surface area contributed by atoms with Crippen LogP contribution in [0.1, 0.15) is 16.8 Å². The molecule has 98 valence electrons. The number of hydrogen-bond acceptors (Lipinski definition) is 4. The highest BCUT2D eigenvalue weighted by atomic mass is 127. The minimum absolute atomic E-state index is 0.142. The zero-order valence-electron chi connectivity index (χ0n) is 9.81. The second-order valence-electron chi connectivity index (χ2n) is 3.44. The van der Waals surface area contributed by atoms with Crippen molar-refractivity contribution < 1.29 is 14.5 Å². The number of hydrogen-bond donors (Lipinski definition) is 1. The summed E-state index contributed by atoms with van der Waals surface area (Å²) in [5.41, 5.74) is 0.0509. The number of nitro groups is 1. The van der Waals surface area contributed by atoms with Crippen molar-refractivity contribution in [2.45, 2.75) is 6.42 Å². The maximum Gasteiger partial charge on any atom is 0.311 e. The van der Waals surface area contributed by atoms with E-state index in [1.54, 1.807) is 0 Å². The molecular weight excluding hydrogens is 351 g/mol. The number of halogens is 1. The number of benzene rings is 1. The molecule has 0 saturated heterocycles. The SMILES string of the molecule is COc1ccc(C(=O)NCCCI)cc1[N+](=O)[O-]. The first kappa shape index (κ1) is 14.7. The van der Waals surface area contributed by atoms with Gasteiger partial charge in [-0.1, -0.05) is 22.6 Å². The molecule has 0 heterocycles. The summed E-state index contributed by atoms with van der Waals surface area (Å²) in [6.07, 6.45) is 0.866. The highest BCUT2D eigenvalue weighted by molar-refractivity contribution is 14.1. The summed E-state index contributed by atoms with van der Waals surface area (Å²) in [5, 5.41) is 13.5. The molecule has 1 aromatic carbocycles. The average Bonchev–Trinajstić information content (AvgIpc) is 2.38. The van der Waals surface area contributed by atoms with Crippen LogP contribution in [0.25, 0.3) is 0 Å². The van der Waals surface area contributed by atoms with Crippen molar-refractivity contribution in [2.75, 3.05) is 18.1 Å². The van der Waals surface area contributed by atoms with Gasteiger partial charge in [0.05, 0.1) is 12.0 Å². The van der Waals surface area contributed by atoms with Gasteiger partial charge >= 0.3 is 5.69 Å². The molecule has 0 saturated carbocycles. The third kappa shape index (κ3) is 3.83. The first-order chi connectivity index (χ1) is 8.60. The summed E-state index contributed by atoms with van der Waals surface area (Å²) in [6.45, 7) is 0.557. The van der Waals surface area contributed by atoms with E-state index in [9.17, 15) is 14.9 Å². The minimum atomic E-state index is -0.569. The molecule has 1 rings (SSSR count). The molecule has 0 aromatic heterocycles. The van der Waals surface area contributed by atoms with Crippen LogP contribution in [0, 0.1) is 10.1 Å². The quantitative estimate of drug-likeness (QED) is 0.276. The van der Waals surface area contributed by atoms with Gasteiger partial charge in [0.15, 0.2) is 5.75 Å². The van der Waals surface area contributed by atoms with Gasteiger partial charge in [0.2, 0.25) is 0 Å². The fourth-order valence-electron chi connectivity index (χ4n) is 1.34. The molecule has 18 heavy (non-hydrogen) atoms. The van der Waals surface area contributed by atoms with E-state index in [1.165, 1.54) is 25.3 Å². The van der Waals surface area contributed by atoms with E-state index in [0.717, 1.165) is 10.8 Å². The smallest absolute Gasteiger partial charge is 0.311 e. The van der Waals surface area contributed by atoms with Crippen molar-refractivity contribution in [1.29, 1.82) is 0 Å². The summed E-state index contributed by atoms with van der Waals surface area (Å²) in [6, 6.07) is 4.15. The van der Waals surface area contributed by atoms with Crippen LogP contribution in [-0.2, 0) is 0 Å². The molecule has 1 N–H and O–H groups in total. The van der Waals surface area contributed by atoms with E-state index in [0.29, 0.717) is 6.54 Å². The lowest BCUT2D eigenvalue weighted by Gasteiger charge is -2.06. The molecule has 0 spiro atoms. The molecule has 7 heteroatoms. The van der Waals surface area contributed by atoms with E-state index in [-0.39, 0.29) is 22.9 Å². The average molecular weight is 364 g/mol. The van der Waals surface area contributed by atoms with Crippen molar-refractivity contribution >= 4 is 34.2 Å². The number of carbonyl (C=O) groups excluding carboxylic acids is 1. The Bertz CT molecular complexity index is 451. The standard InChI is InChI=1S/C11H13IN2O4/c1-18-10-4-3-8(7-9(10)14(16)17)11(15)13-6-2-5-12/h3-4,7H,2,5-6H2,1H3,(H,13,15). The van der Waals surface area contributed by atoms with Gasteiger partial charge in [-0.2, -0.15) is 0 Å². The number of methoxy groups -OCH3 is 1. The Labute approximate surface area is 118 Å². The predicted octanol–water partition coefficient (Wildman–Crippen LogP) is 2.16. The fraction of sp³-hybridized carbons (Fsp3) is 0.364. The molecule has 0 aliphatic rings. The Balaban J connectivity index is 2.87. The van der Waals surface area contributed by atoms with E-state index in [2.05, 4.69) is 27.9 Å². The van der Waals surface area contributed by atoms with Gasteiger partial charge < -0.3 is 10.1 Å². The van der Waals surface area contributed by atoms with Crippen molar-refractivity contribution in [2.24, 2.45) is 0 Å². The highest BCUT2D eigenvalue weighted by Gasteiger charge is 2.17. The number of nitro benzene ring substituents is 1. The number of carbonyl (C=O) groups is 1. The second kappa shape index (κ2) is 7.14. The van der Waals surface area contributed by atoms with Gasteiger partial charge in [-0.25, -0.2) is 0 Å². The normalized spacial score (nSPS) is 9.89. The van der Waals surface area contributed by atoms with Crippen molar-refractivity contribution in [3.63, 3.8) is 0 Å². The van der Waals surface area contributed by atoms with Crippen LogP contribution in [0.2, 0.25) is 0 Å². The Kier molecular flexibility index (Phi) is 5.83. The summed E-state index contributed by atoms with van der Waals surface area (Å²) < 4.78 is 5.81. The monoisotopic (exact) mass is 364 g/mol. The van der Waals surface area contributed by atoms with Crippen LogP contribution in [0.4, 0.5) is 5.69 Å². The van der Waals surface area contributed by atoms with E-state index in [4.69, 9.17) is 4.74 Å². The number of rotatable bonds is 6. The molecule has 0 aliphatic heterocycles. The zero-order valence-corrected chi connectivity index (χ0v) is 12.0. The zero-order chi connectivity index (χ0) is 13.5. The second-order valence-corrected chi connectivity index (χ2v) is 4.52. The van der Waals surface area contributed by atoms with Crippen LogP contribution in [0.5, 0.6) is 5.75 Å². The molecule has 0 aliphatic carbocycles. The van der Waals surface area contributed by atoms with Crippen LogP contribution in [-0.4, -0.2) is 28.9 Å². The van der Waals surface area contributed by atoms with E-state index >= 15 is 0 Å². The molecule has 1 aromatic rings. The first-order valence-electron chi connectivity index (χ1n) is 5.26. The fourth-order valence-corrected chi connectivity index (χ4v) is 1.73. The summed E-state index contributed by atoms with van der Waals surface area (Å²) >= 11 is 2.22. The Morgan fingerprint density at radius 2 is 2.28 bits per heavy atom. The maximum absolute atomic E-state index is 11.7. The van der Waals surface area contributed by atoms with Gasteiger partial charge in [0, 0.05) is 22.6 Å². The molecule has 0 atom stereocenters. The largest absolute Gasteiger partial charge is 0.490 e. The van der Waals surface area contributed by atoms with Gasteiger partial charge in [-0.15, -0.1) is 0 Å². The minimum Gasteiger partial charge on any atom is -0.490 e. The number of amides is 1. The Morgan fingerprint density at radius 1 is 1.56 bits per heavy atom. The van der Waals surface area contributed by atoms with Crippen molar-refractivity contribution in [3.8, 4) is 5.75 Å². The highest BCUT2D eigenvalue weighted by Crippen LogP contribution is 2.27.